The number of rotatable bonds is 5. The minimum absolute atomic E-state index is 0. The maximum atomic E-state index is 5.56. The molecule has 0 radical (unpaired) electrons. The Morgan fingerprint density at radius 1 is 0.719 bits per heavy atom. The van der Waals surface area contributed by atoms with Gasteiger partial charge in [0.2, 0.25) is 0 Å². The van der Waals surface area contributed by atoms with Crippen LogP contribution in [0.25, 0.3) is 22.3 Å². The van der Waals surface area contributed by atoms with Gasteiger partial charge in [0.25, 0.3) is 0 Å². The molecule has 32 heavy (non-hydrogen) atoms. The van der Waals surface area contributed by atoms with Gasteiger partial charge < -0.3 is 9.64 Å². The normalized spacial score (nSPS) is 13.4. The van der Waals surface area contributed by atoms with Gasteiger partial charge in [0.05, 0.1) is 19.4 Å². The average Bonchev–Trinajstić information content (AvgIpc) is 2.86. The van der Waals surface area contributed by atoms with E-state index in [4.69, 9.17) is 4.74 Å². The first-order valence-electron chi connectivity index (χ1n) is 10.8. The fraction of sp³-hybridized carbons (Fsp3) is 0.185. The first-order valence-corrected chi connectivity index (χ1v) is 10.8. The lowest BCUT2D eigenvalue weighted by Crippen LogP contribution is -2.37. The molecule has 0 saturated carbocycles. The number of anilines is 1. The molecule has 0 bridgehead atoms. The number of halogens is 1. The molecule has 0 unspecified atom stereocenters. The highest BCUT2D eigenvalue weighted by molar-refractivity contribution is 8.93. The van der Waals surface area contributed by atoms with Gasteiger partial charge in [0.15, 0.2) is 5.82 Å². The SMILES string of the molecule is Br.c1ccc(-c2ccc(Cc3c(-c4ccccc4)cnnc3N3CCOCC3)cc2)cc1. The average molecular weight is 488 g/mol. The summed E-state index contributed by atoms with van der Waals surface area (Å²) >= 11 is 0. The van der Waals surface area contributed by atoms with Crippen LogP contribution >= 0.6 is 17.0 Å². The zero-order valence-electron chi connectivity index (χ0n) is 17.9. The van der Waals surface area contributed by atoms with E-state index in [1.165, 1.54) is 27.8 Å². The molecule has 162 valence electrons. The maximum Gasteiger partial charge on any atom is 0.155 e. The molecule has 1 aliphatic heterocycles. The van der Waals surface area contributed by atoms with E-state index in [-0.39, 0.29) is 17.0 Å². The molecule has 0 amide bonds. The Morgan fingerprint density at radius 2 is 1.31 bits per heavy atom. The summed E-state index contributed by atoms with van der Waals surface area (Å²) in [5, 5.41) is 8.93. The summed E-state index contributed by atoms with van der Waals surface area (Å²) in [6, 6.07) is 29.8. The summed E-state index contributed by atoms with van der Waals surface area (Å²) in [6.45, 7) is 3.13. The van der Waals surface area contributed by atoms with Crippen molar-refractivity contribution in [1.29, 1.82) is 0 Å². The minimum atomic E-state index is 0. The lowest BCUT2D eigenvalue weighted by atomic mass is 9.95. The van der Waals surface area contributed by atoms with Crippen molar-refractivity contribution in [2.45, 2.75) is 6.42 Å². The molecule has 4 aromatic rings. The minimum Gasteiger partial charge on any atom is -0.378 e. The number of hydrogen-bond acceptors (Lipinski definition) is 4. The van der Waals surface area contributed by atoms with E-state index in [9.17, 15) is 0 Å². The molecule has 4 nitrogen and oxygen atoms in total. The molecule has 5 heteroatoms. The largest absolute Gasteiger partial charge is 0.378 e. The summed E-state index contributed by atoms with van der Waals surface area (Å²) < 4.78 is 5.56. The van der Waals surface area contributed by atoms with Crippen molar-refractivity contribution in [1.82, 2.24) is 10.2 Å². The van der Waals surface area contributed by atoms with Gasteiger partial charge in [0, 0.05) is 30.6 Å². The highest BCUT2D eigenvalue weighted by atomic mass is 79.9. The molecule has 1 saturated heterocycles. The summed E-state index contributed by atoms with van der Waals surface area (Å²) in [5.41, 5.74) is 7.26. The van der Waals surface area contributed by atoms with Crippen LogP contribution in [-0.2, 0) is 11.2 Å². The van der Waals surface area contributed by atoms with Crippen molar-refractivity contribution < 1.29 is 4.74 Å². The smallest absolute Gasteiger partial charge is 0.155 e. The second-order valence-electron chi connectivity index (χ2n) is 7.77. The first-order chi connectivity index (χ1) is 15.4. The van der Waals surface area contributed by atoms with Gasteiger partial charge in [-0.2, -0.15) is 5.10 Å². The summed E-state index contributed by atoms with van der Waals surface area (Å²) in [6.07, 6.45) is 2.70. The maximum absolute atomic E-state index is 5.56. The van der Waals surface area contributed by atoms with Crippen molar-refractivity contribution >= 4 is 22.8 Å². The molecule has 1 aliphatic rings. The number of aromatic nitrogens is 2. The fourth-order valence-corrected chi connectivity index (χ4v) is 4.12. The van der Waals surface area contributed by atoms with E-state index in [0.717, 1.165) is 44.1 Å². The van der Waals surface area contributed by atoms with E-state index in [2.05, 4.69) is 87.9 Å². The fourth-order valence-electron chi connectivity index (χ4n) is 4.12. The molecular formula is C27H26BrN3O. The lowest BCUT2D eigenvalue weighted by Gasteiger charge is -2.29. The molecule has 1 aromatic heterocycles. The van der Waals surface area contributed by atoms with Crippen LogP contribution in [0.4, 0.5) is 5.82 Å². The Morgan fingerprint density at radius 3 is 1.97 bits per heavy atom. The monoisotopic (exact) mass is 487 g/mol. The zero-order chi connectivity index (χ0) is 20.9. The van der Waals surface area contributed by atoms with Gasteiger partial charge in [-0.25, -0.2) is 0 Å². The van der Waals surface area contributed by atoms with Crippen molar-refractivity contribution in [2.24, 2.45) is 0 Å². The third-order valence-electron chi connectivity index (χ3n) is 5.77. The van der Waals surface area contributed by atoms with Crippen LogP contribution in [0.1, 0.15) is 11.1 Å². The third kappa shape index (κ3) is 4.90. The quantitative estimate of drug-likeness (QED) is 0.355. The van der Waals surface area contributed by atoms with Gasteiger partial charge in [-0.3, -0.25) is 0 Å². The molecule has 3 aromatic carbocycles. The molecule has 1 fully saturated rings. The number of morpholine rings is 1. The molecule has 5 rings (SSSR count). The topological polar surface area (TPSA) is 38.2 Å². The van der Waals surface area contributed by atoms with E-state index < -0.39 is 0 Å². The molecule has 0 N–H and O–H groups in total. The van der Waals surface area contributed by atoms with E-state index >= 15 is 0 Å². The standard InChI is InChI=1S/C27H25N3O.BrH/c1-3-7-22(8-4-1)23-13-11-21(12-14-23)19-25-26(24-9-5-2-6-10-24)20-28-29-27(25)30-15-17-31-18-16-30;/h1-14,20H,15-19H2;1H. The Labute approximate surface area is 199 Å². The van der Waals surface area contributed by atoms with Crippen molar-refractivity contribution in [2.75, 3.05) is 31.2 Å². The number of nitrogens with zero attached hydrogens (tertiary/aromatic N) is 3. The van der Waals surface area contributed by atoms with Gasteiger partial charge in [-0.1, -0.05) is 84.9 Å². The van der Waals surface area contributed by atoms with Crippen LogP contribution < -0.4 is 4.90 Å². The number of ether oxygens (including phenoxy) is 1. The molecule has 0 spiro atoms. The molecule has 0 aliphatic carbocycles. The van der Waals surface area contributed by atoms with Crippen LogP contribution in [0.5, 0.6) is 0 Å². The predicted molar refractivity (Wildman–Crippen MR) is 136 cm³/mol. The van der Waals surface area contributed by atoms with Crippen molar-refractivity contribution in [3.63, 3.8) is 0 Å². The zero-order valence-corrected chi connectivity index (χ0v) is 19.6. The first kappa shape index (κ1) is 22.2. The Balaban J connectivity index is 0.00000245. The van der Waals surface area contributed by atoms with Crippen molar-refractivity contribution in [3.8, 4) is 22.3 Å². The van der Waals surface area contributed by atoms with Gasteiger partial charge in [-0.05, 0) is 22.3 Å². The van der Waals surface area contributed by atoms with Crippen LogP contribution in [0.3, 0.4) is 0 Å². The third-order valence-corrected chi connectivity index (χ3v) is 5.77. The second kappa shape index (κ2) is 10.5. The van der Waals surface area contributed by atoms with Crippen LogP contribution in [-0.4, -0.2) is 36.5 Å². The Kier molecular flexibility index (Phi) is 7.30. The lowest BCUT2D eigenvalue weighted by molar-refractivity contribution is 0.122. The Hall–Kier alpha value is -3.02. The van der Waals surface area contributed by atoms with Gasteiger partial charge >= 0.3 is 0 Å². The van der Waals surface area contributed by atoms with Crippen LogP contribution in [0, 0.1) is 0 Å². The number of hydrogen-bond donors (Lipinski definition) is 0. The van der Waals surface area contributed by atoms with E-state index in [1.54, 1.807) is 0 Å². The van der Waals surface area contributed by atoms with E-state index in [1.807, 2.05) is 18.3 Å². The van der Waals surface area contributed by atoms with Crippen LogP contribution in [0.2, 0.25) is 0 Å². The van der Waals surface area contributed by atoms with Crippen LogP contribution in [0.15, 0.2) is 91.1 Å². The highest BCUT2D eigenvalue weighted by Crippen LogP contribution is 2.32. The summed E-state index contributed by atoms with van der Waals surface area (Å²) in [7, 11) is 0. The molecular weight excluding hydrogens is 462 g/mol. The van der Waals surface area contributed by atoms with Gasteiger partial charge in [0.1, 0.15) is 0 Å². The van der Waals surface area contributed by atoms with E-state index in [0.29, 0.717) is 0 Å². The predicted octanol–water partition coefficient (Wildman–Crippen LogP) is 5.82. The van der Waals surface area contributed by atoms with Crippen molar-refractivity contribution in [3.05, 3.63) is 102 Å². The molecule has 0 atom stereocenters. The summed E-state index contributed by atoms with van der Waals surface area (Å²) in [5.74, 6) is 0.969. The number of benzene rings is 3. The summed E-state index contributed by atoms with van der Waals surface area (Å²) in [4.78, 5) is 2.30. The highest BCUT2D eigenvalue weighted by Gasteiger charge is 2.20. The Bertz CT molecular complexity index is 1130. The molecule has 2 heterocycles. The second-order valence-corrected chi connectivity index (χ2v) is 7.77. The van der Waals surface area contributed by atoms with Gasteiger partial charge in [-0.15, -0.1) is 22.1 Å².